The topological polar surface area (TPSA) is 37.4 Å². The number of carbonyl (C=O) groups excluding carboxylic acids is 2. The lowest BCUT2D eigenvalue weighted by molar-refractivity contribution is -0.114. The van der Waals surface area contributed by atoms with E-state index in [0.29, 0.717) is 12.1 Å². The van der Waals surface area contributed by atoms with Crippen molar-refractivity contribution in [2.75, 3.05) is 11.4 Å². The summed E-state index contributed by atoms with van der Waals surface area (Å²) < 4.78 is 0. The Morgan fingerprint density at radius 3 is 2.67 bits per heavy atom. The van der Waals surface area contributed by atoms with Gasteiger partial charge < -0.3 is 4.90 Å². The molecule has 0 saturated carbocycles. The molecule has 3 rings (SSSR count). The number of thiophene rings is 1. The molecule has 0 N–H and O–H groups in total. The Balaban J connectivity index is 1.84. The Bertz CT molecular complexity index is 604. The minimum atomic E-state index is -0.409. The number of carbonyl (C=O) groups is 2. The minimum Gasteiger partial charge on any atom is -0.304 e. The maximum absolute atomic E-state index is 11.9. The van der Waals surface area contributed by atoms with E-state index in [2.05, 4.69) is 0 Å². The van der Waals surface area contributed by atoms with Crippen LogP contribution in [0.15, 0.2) is 41.8 Å². The van der Waals surface area contributed by atoms with Gasteiger partial charge in [0.15, 0.2) is 0 Å². The molecule has 1 aromatic carbocycles. The summed E-state index contributed by atoms with van der Waals surface area (Å²) in [6.07, 6.45) is 0.783. The third kappa shape index (κ3) is 1.75. The molecule has 18 heavy (non-hydrogen) atoms. The number of ketones is 1. The lowest BCUT2D eigenvalue weighted by Gasteiger charge is -2.15. The Morgan fingerprint density at radius 2 is 1.89 bits per heavy atom. The zero-order valence-corrected chi connectivity index (χ0v) is 10.4. The fourth-order valence-corrected chi connectivity index (χ4v) is 2.85. The lowest BCUT2D eigenvalue weighted by Crippen LogP contribution is -2.31. The molecule has 0 radical (unpaired) electrons. The second-order valence-corrected chi connectivity index (χ2v) is 5.16. The quantitative estimate of drug-likeness (QED) is 0.792. The standard InChI is InChI=1S/C14H11NO2S/c16-13-11-5-1-2-6-12(11)15(14(13)17)8-7-10-4-3-9-18-10/h1-6,9H,7-8H2. The van der Waals surface area contributed by atoms with Gasteiger partial charge in [0.25, 0.3) is 11.7 Å². The van der Waals surface area contributed by atoms with Gasteiger partial charge in [0, 0.05) is 11.4 Å². The number of anilines is 1. The van der Waals surface area contributed by atoms with Crippen molar-refractivity contribution in [3.05, 3.63) is 52.2 Å². The Morgan fingerprint density at radius 1 is 1.06 bits per heavy atom. The first-order valence-corrected chi connectivity index (χ1v) is 6.63. The van der Waals surface area contributed by atoms with Crippen LogP contribution in [0.3, 0.4) is 0 Å². The lowest BCUT2D eigenvalue weighted by atomic mass is 10.1. The maximum Gasteiger partial charge on any atom is 0.299 e. The monoisotopic (exact) mass is 257 g/mol. The largest absolute Gasteiger partial charge is 0.304 e. The van der Waals surface area contributed by atoms with Gasteiger partial charge in [0.05, 0.1) is 11.3 Å². The summed E-state index contributed by atoms with van der Waals surface area (Å²) in [6.45, 7) is 0.558. The smallest absolute Gasteiger partial charge is 0.299 e. The zero-order valence-electron chi connectivity index (χ0n) is 9.63. The van der Waals surface area contributed by atoms with Crippen LogP contribution in [-0.4, -0.2) is 18.2 Å². The Kier molecular flexibility index (Phi) is 2.72. The molecular weight excluding hydrogens is 246 g/mol. The highest BCUT2D eigenvalue weighted by atomic mass is 32.1. The predicted octanol–water partition coefficient (Wildman–Crippen LogP) is 2.52. The molecule has 1 amide bonds. The van der Waals surface area contributed by atoms with Crippen molar-refractivity contribution in [3.63, 3.8) is 0 Å². The van der Waals surface area contributed by atoms with Crippen LogP contribution in [0, 0.1) is 0 Å². The normalized spacial score (nSPS) is 14.1. The number of benzene rings is 1. The molecule has 2 aromatic rings. The average molecular weight is 257 g/mol. The van der Waals surface area contributed by atoms with E-state index in [-0.39, 0.29) is 0 Å². The van der Waals surface area contributed by atoms with Gasteiger partial charge in [-0.25, -0.2) is 0 Å². The van der Waals surface area contributed by atoms with Gasteiger partial charge in [-0.2, -0.15) is 0 Å². The summed E-state index contributed by atoms with van der Waals surface area (Å²) >= 11 is 1.67. The molecule has 0 unspecified atom stereocenters. The van der Waals surface area contributed by atoms with Gasteiger partial charge in [-0.05, 0) is 30.0 Å². The van der Waals surface area contributed by atoms with E-state index in [9.17, 15) is 9.59 Å². The van der Waals surface area contributed by atoms with E-state index in [0.717, 1.165) is 12.1 Å². The van der Waals surface area contributed by atoms with Crippen molar-refractivity contribution < 1.29 is 9.59 Å². The summed E-state index contributed by atoms with van der Waals surface area (Å²) in [4.78, 5) is 26.5. The van der Waals surface area contributed by atoms with Crippen LogP contribution in [0.1, 0.15) is 15.2 Å². The maximum atomic E-state index is 11.9. The van der Waals surface area contributed by atoms with Crippen molar-refractivity contribution >= 4 is 28.7 Å². The number of hydrogen-bond acceptors (Lipinski definition) is 3. The first-order chi connectivity index (χ1) is 8.77. The molecule has 0 bridgehead atoms. The van der Waals surface area contributed by atoms with Gasteiger partial charge in [0.1, 0.15) is 0 Å². The second kappa shape index (κ2) is 4.38. The highest BCUT2D eigenvalue weighted by molar-refractivity contribution is 7.09. The SMILES string of the molecule is O=C1C(=O)N(CCc2cccs2)c2ccccc21. The number of Topliss-reactive ketones (excluding diaryl/α,β-unsaturated/α-hetero) is 1. The van der Waals surface area contributed by atoms with Crippen LogP contribution in [0.4, 0.5) is 5.69 Å². The fraction of sp³-hybridized carbons (Fsp3) is 0.143. The molecule has 1 aliphatic rings. The summed E-state index contributed by atoms with van der Waals surface area (Å²) in [5, 5.41) is 2.01. The minimum absolute atomic E-state index is 0.392. The molecule has 90 valence electrons. The Hall–Kier alpha value is -1.94. The van der Waals surface area contributed by atoms with E-state index in [1.165, 1.54) is 4.88 Å². The van der Waals surface area contributed by atoms with Crippen LogP contribution < -0.4 is 4.90 Å². The molecule has 3 nitrogen and oxygen atoms in total. The fourth-order valence-electron chi connectivity index (χ4n) is 2.15. The van der Waals surface area contributed by atoms with Crippen molar-refractivity contribution in [2.24, 2.45) is 0 Å². The van der Waals surface area contributed by atoms with Crippen molar-refractivity contribution in [1.82, 2.24) is 0 Å². The summed E-state index contributed by atoms with van der Waals surface area (Å²) in [6, 6.07) is 11.2. The molecule has 0 fully saturated rings. The van der Waals surface area contributed by atoms with E-state index < -0.39 is 11.7 Å². The first kappa shape index (κ1) is 11.2. The predicted molar refractivity (Wildman–Crippen MR) is 71.1 cm³/mol. The van der Waals surface area contributed by atoms with Gasteiger partial charge >= 0.3 is 0 Å². The highest BCUT2D eigenvalue weighted by Gasteiger charge is 2.34. The molecule has 0 saturated heterocycles. The highest BCUT2D eigenvalue weighted by Crippen LogP contribution is 2.28. The Labute approximate surface area is 109 Å². The summed E-state index contributed by atoms with van der Waals surface area (Å²) in [7, 11) is 0. The number of rotatable bonds is 3. The van der Waals surface area contributed by atoms with Gasteiger partial charge in [0.2, 0.25) is 0 Å². The molecule has 1 aromatic heterocycles. The molecule has 2 heterocycles. The summed E-state index contributed by atoms with van der Waals surface area (Å²) in [5.41, 5.74) is 1.26. The van der Waals surface area contributed by atoms with Crippen molar-refractivity contribution in [1.29, 1.82) is 0 Å². The van der Waals surface area contributed by atoms with Crippen LogP contribution in [0.2, 0.25) is 0 Å². The number of nitrogens with zero attached hydrogens (tertiary/aromatic N) is 1. The van der Waals surface area contributed by atoms with Crippen LogP contribution in [-0.2, 0) is 11.2 Å². The molecule has 0 spiro atoms. The van der Waals surface area contributed by atoms with Crippen LogP contribution in [0.25, 0.3) is 0 Å². The van der Waals surface area contributed by atoms with E-state index in [1.54, 1.807) is 28.4 Å². The number of fused-ring (bicyclic) bond motifs is 1. The number of hydrogen-bond donors (Lipinski definition) is 0. The number of para-hydroxylation sites is 1. The molecular formula is C14H11NO2S. The third-order valence-electron chi connectivity index (χ3n) is 3.04. The van der Waals surface area contributed by atoms with Crippen molar-refractivity contribution in [3.8, 4) is 0 Å². The molecule has 0 atom stereocenters. The van der Waals surface area contributed by atoms with E-state index in [4.69, 9.17) is 0 Å². The van der Waals surface area contributed by atoms with Gasteiger partial charge in [-0.15, -0.1) is 11.3 Å². The number of amides is 1. The first-order valence-electron chi connectivity index (χ1n) is 5.75. The van der Waals surface area contributed by atoms with E-state index in [1.807, 2.05) is 29.6 Å². The zero-order chi connectivity index (χ0) is 12.5. The van der Waals surface area contributed by atoms with Crippen molar-refractivity contribution in [2.45, 2.75) is 6.42 Å². The van der Waals surface area contributed by atoms with E-state index >= 15 is 0 Å². The van der Waals surface area contributed by atoms with Crippen LogP contribution >= 0.6 is 11.3 Å². The van der Waals surface area contributed by atoms with Crippen LogP contribution in [0.5, 0.6) is 0 Å². The van der Waals surface area contributed by atoms with Gasteiger partial charge in [-0.3, -0.25) is 9.59 Å². The third-order valence-corrected chi connectivity index (χ3v) is 3.98. The molecule has 4 heteroatoms. The average Bonchev–Trinajstić information content (AvgIpc) is 2.98. The molecule has 0 aliphatic carbocycles. The van der Waals surface area contributed by atoms with Gasteiger partial charge in [-0.1, -0.05) is 18.2 Å². The summed E-state index contributed by atoms with van der Waals surface area (Å²) in [5.74, 6) is -0.801. The second-order valence-electron chi connectivity index (χ2n) is 4.13. The molecule has 1 aliphatic heterocycles.